The summed E-state index contributed by atoms with van der Waals surface area (Å²) in [6.45, 7) is 0. The summed E-state index contributed by atoms with van der Waals surface area (Å²) in [5.41, 5.74) is 16.8. The molecule has 0 amide bonds. The van der Waals surface area contributed by atoms with Crippen LogP contribution in [-0.2, 0) is 0 Å². The standard InChI is InChI=1S/C62H41N5/c1-7-19-42(20-8-1)48-31-34-51-52-35-32-49(43-21-9-2-10-22-43)39-60(52)67(59(51)38-48)58-36-33-50(56-40-54(44-23-11-3-12-24-44)63-61(65-56)46-27-15-5-16-28-46)37-53(58)57-41-55(45-25-13-4-14-26-45)64-62(66-57)47-29-17-6-18-30-47/h1-41H. The van der Waals surface area contributed by atoms with E-state index < -0.39 is 0 Å². The Balaban J connectivity index is 1.17. The van der Waals surface area contributed by atoms with E-state index in [0.29, 0.717) is 11.6 Å². The summed E-state index contributed by atoms with van der Waals surface area (Å²) in [4.78, 5) is 21.1. The van der Waals surface area contributed by atoms with Crippen molar-refractivity contribution in [2.75, 3.05) is 0 Å². The van der Waals surface area contributed by atoms with Gasteiger partial charge in [-0.05, 0) is 58.7 Å². The lowest BCUT2D eigenvalue weighted by Gasteiger charge is -2.18. The number of hydrogen-bond acceptors (Lipinski definition) is 4. The van der Waals surface area contributed by atoms with Crippen molar-refractivity contribution in [3.05, 3.63) is 249 Å². The Morgan fingerprint density at radius 2 is 0.582 bits per heavy atom. The fraction of sp³-hybridized carbons (Fsp3) is 0. The van der Waals surface area contributed by atoms with Crippen molar-refractivity contribution in [2.24, 2.45) is 0 Å². The summed E-state index contributed by atoms with van der Waals surface area (Å²) in [5.74, 6) is 1.31. The predicted molar refractivity (Wildman–Crippen MR) is 275 cm³/mol. The van der Waals surface area contributed by atoms with Gasteiger partial charge in [-0.25, -0.2) is 19.9 Å². The van der Waals surface area contributed by atoms with E-state index in [9.17, 15) is 0 Å². The third kappa shape index (κ3) is 7.64. The zero-order valence-corrected chi connectivity index (χ0v) is 36.4. The fourth-order valence-corrected chi connectivity index (χ4v) is 9.12. The van der Waals surface area contributed by atoms with Gasteiger partial charge >= 0.3 is 0 Å². The van der Waals surface area contributed by atoms with Crippen LogP contribution in [0.3, 0.4) is 0 Å². The normalized spacial score (nSPS) is 11.3. The fourth-order valence-electron chi connectivity index (χ4n) is 9.12. The molecule has 3 heterocycles. The Morgan fingerprint density at radius 1 is 0.239 bits per heavy atom. The number of nitrogens with zero attached hydrogens (tertiary/aromatic N) is 5. The molecule has 12 aromatic rings. The summed E-state index contributed by atoms with van der Waals surface area (Å²) in [7, 11) is 0. The molecule has 0 fully saturated rings. The first-order valence-electron chi connectivity index (χ1n) is 22.5. The van der Waals surface area contributed by atoms with E-state index in [1.165, 1.54) is 0 Å². The van der Waals surface area contributed by atoms with Crippen LogP contribution in [0.25, 0.3) is 118 Å². The zero-order chi connectivity index (χ0) is 44.5. The van der Waals surface area contributed by atoms with Crippen LogP contribution < -0.4 is 0 Å². The highest BCUT2D eigenvalue weighted by molar-refractivity contribution is 6.11. The van der Waals surface area contributed by atoms with E-state index in [1.54, 1.807) is 0 Å². The van der Waals surface area contributed by atoms with Crippen LogP contribution in [0.4, 0.5) is 0 Å². The van der Waals surface area contributed by atoms with Crippen molar-refractivity contribution in [2.45, 2.75) is 0 Å². The Hall–Kier alpha value is -9.06. The second-order valence-corrected chi connectivity index (χ2v) is 16.7. The maximum Gasteiger partial charge on any atom is 0.160 e. The van der Waals surface area contributed by atoms with Gasteiger partial charge in [-0.15, -0.1) is 0 Å². The molecule has 0 aliphatic heterocycles. The first kappa shape index (κ1) is 39.5. The molecule has 314 valence electrons. The lowest BCUT2D eigenvalue weighted by Crippen LogP contribution is -2.02. The highest BCUT2D eigenvalue weighted by Gasteiger charge is 2.22. The monoisotopic (exact) mass is 855 g/mol. The Labute approximate surface area is 389 Å². The number of benzene rings is 9. The summed E-state index contributed by atoms with van der Waals surface area (Å²) < 4.78 is 2.43. The van der Waals surface area contributed by atoms with E-state index in [-0.39, 0.29) is 0 Å². The highest BCUT2D eigenvalue weighted by atomic mass is 15.0. The average molecular weight is 856 g/mol. The number of fused-ring (bicyclic) bond motifs is 3. The van der Waals surface area contributed by atoms with Gasteiger partial charge in [0, 0.05) is 44.2 Å². The van der Waals surface area contributed by atoms with Gasteiger partial charge in [0.05, 0.1) is 39.5 Å². The summed E-state index contributed by atoms with van der Waals surface area (Å²) in [6.07, 6.45) is 0. The second-order valence-electron chi connectivity index (χ2n) is 16.7. The maximum absolute atomic E-state index is 5.47. The van der Waals surface area contributed by atoms with E-state index in [2.05, 4.69) is 193 Å². The zero-order valence-electron chi connectivity index (χ0n) is 36.4. The summed E-state index contributed by atoms with van der Waals surface area (Å²) >= 11 is 0. The predicted octanol–water partition coefficient (Wildman–Crippen LogP) is 15.7. The largest absolute Gasteiger partial charge is 0.309 e. The van der Waals surface area contributed by atoms with Crippen molar-refractivity contribution >= 4 is 21.8 Å². The number of rotatable bonds is 9. The van der Waals surface area contributed by atoms with Crippen LogP contribution in [0.15, 0.2) is 249 Å². The van der Waals surface area contributed by atoms with Gasteiger partial charge in [-0.1, -0.05) is 212 Å². The van der Waals surface area contributed by atoms with Crippen LogP contribution in [0.1, 0.15) is 0 Å². The molecular weight excluding hydrogens is 815 g/mol. The van der Waals surface area contributed by atoms with E-state index in [4.69, 9.17) is 19.9 Å². The maximum atomic E-state index is 5.47. The van der Waals surface area contributed by atoms with Crippen LogP contribution in [-0.4, -0.2) is 24.5 Å². The third-order valence-corrected chi connectivity index (χ3v) is 12.4. The molecule has 0 saturated carbocycles. The lowest BCUT2D eigenvalue weighted by atomic mass is 9.99. The first-order valence-corrected chi connectivity index (χ1v) is 22.5. The molecule has 5 nitrogen and oxygen atoms in total. The third-order valence-electron chi connectivity index (χ3n) is 12.4. The molecule has 12 rings (SSSR count). The molecule has 0 radical (unpaired) electrons. The molecule has 3 aromatic heterocycles. The van der Waals surface area contributed by atoms with E-state index in [1.807, 2.05) is 60.7 Å². The van der Waals surface area contributed by atoms with Crippen molar-refractivity contribution in [1.82, 2.24) is 24.5 Å². The number of hydrogen-bond donors (Lipinski definition) is 0. The molecule has 0 atom stereocenters. The molecule has 0 aliphatic carbocycles. The molecular formula is C62H41N5. The van der Waals surface area contributed by atoms with Crippen molar-refractivity contribution in [3.8, 4) is 95.7 Å². The van der Waals surface area contributed by atoms with Gasteiger partial charge in [0.2, 0.25) is 0 Å². The molecule has 0 bridgehead atoms. The minimum atomic E-state index is 0.646. The molecule has 0 unspecified atom stereocenters. The molecule has 0 N–H and O–H groups in total. The number of aromatic nitrogens is 5. The van der Waals surface area contributed by atoms with Crippen LogP contribution in [0.2, 0.25) is 0 Å². The van der Waals surface area contributed by atoms with Crippen molar-refractivity contribution < 1.29 is 0 Å². The van der Waals surface area contributed by atoms with Gasteiger partial charge < -0.3 is 4.57 Å². The first-order chi connectivity index (χ1) is 33.2. The van der Waals surface area contributed by atoms with Gasteiger partial charge in [-0.3, -0.25) is 0 Å². The Kier molecular flexibility index (Phi) is 10.1. The van der Waals surface area contributed by atoms with Gasteiger partial charge in [-0.2, -0.15) is 0 Å². The van der Waals surface area contributed by atoms with Crippen molar-refractivity contribution in [3.63, 3.8) is 0 Å². The SMILES string of the molecule is c1ccc(-c2ccc3c4ccc(-c5ccccc5)cc4n(-c4ccc(-c5cc(-c6ccccc6)nc(-c6ccccc6)n5)cc4-c4cc(-c5ccccc5)nc(-c5ccccc5)n4)c3c2)cc1. The van der Waals surface area contributed by atoms with Crippen LogP contribution in [0.5, 0.6) is 0 Å². The Morgan fingerprint density at radius 3 is 1.01 bits per heavy atom. The quantitative estimate of drug-likeness (QED) is 0.145. The molecule has 0 spiro atoms. The van der Waals surface area contributed by atoms with E-state index in [0.717, 1.165) is 106 Å². The Bertz CT molecular complexity index is 3490. The minimum Gasteiger partial charge on any atom is -0.309 e. The molecule has 5 heteroatoms. The summed E-state index contributed by atoms with van der Waals surface area (Å²) in [5, 5.41) is 2.33. The average Bonchev–Trinajstić information content (AvgIpc) is 3.74. The van der Waals surface area contributed by atoms with Crippen LogP contribution >= 0.6 is 0 Å². The highest BCUT2D eigenvalue weighted by Crippen LogP contribution is 2.42. The molecule has 0 saturated heterocycles. The van der Waals surface area contributed by atoms with Gasteiger partial charge in [0.25, 0.3) is 0 Å². The topological polar surface area (TPSA) is 56.5 Å². The molecule has 67 heavy (non-hydrogen) atoms. The minimum absolute atomic E-state index is 0.646. The summed E-state index contributed by atoms with van der Waals surface area (Å²) in [6, 6.07) is 87.0. The smallest absolute Gasteiger partial charge is 0.160 e. The van der Waals surface area contributed by atoms with E-state index >= 15 is 0 Å². The van der Waals surface area contributed by atoms with Crippen LogP contribution in [0, 0.1) is 0 Å². The van der Waals surface area contributed by atoms with Gasteiger partial charge in [0.15, 0.2) is 11.6 Å². The second kappa shape index (κ2) is 17.1. The lowest BCUT2D eigenvalue weighted by molar-refractivity contribution is 1.15. The molecule has 0 aliphatic rings. The van der Waals surface area contributed by atoms with Gasteiger partial charge in [0.1, 0.15) is 0 Å². The molecule has 9 aromatic carbocycles. The van der Waals surface area contributed by atoms with Crippen molar-refractivity contribution in [1.29, 1.82) is 0 Å².